The van der Waals surface area contributed by atoms with Crippen LogP contribution in [0.5, 0.6) is 0 Å². The molecular formula is C13H18FN3. The van der Waals surface area contributed by atoms with E-state index in [0.717, 1.165) is 35.9 Å². The van der Waals surface area contributed by atoms with Gasteiger partial charge < -0.3 is 5.32 Å². The van der Waals surface area contributed by atoms with Crippen LogP contribution in [0.1, 0.15) is 24.2 Å². The molecule has 3 nitrogen and oxygen atoms in total. The van der Waals surface area contributed by atoms with Crippen molar-refractivity contribution in [2.45, 2.75) is 25.7 Å². The smallest absolute Gasteiger partial charge is 0.118 e. The van der Waals surface area contributed by atoms with Gasteiger partial charge in [0.2, 0.25) is 0 Å². The molecule has 0 radical (unpaired) electrons. The average Bonchev–Trinajstić information content (AvgIpc) is 2.66. The zero-order chi connectivity index (χ0) is 11.8. The average molecular weight is 235 g/mol. The molecule has 2 atom stereocenters. The van der Waals surface area contributed by atoms with E-state index in [1.807, 2.05) is 24.3 Å². The Kier molecular flexibility index (Phi) is 2.86. The van der Waals surface area contributed by atoms with Crippen LogP contribution in [0.25, 0.3) is 0 Å². The third-order valence-corrected chi connectivity index (χ3v) is 3.79. The second-order valence-corrected chi connectivity index (χ2v) is 4.92. The maximum Gasteiger partial charge on any atom is 0.118 e. The molecule has 92 valence electrons. The molecule has 2 aliphatic heterocycles. The number of nitrogens with one attached hydrogen (secondary N) is 1. The maximum absolute atomic E-state index is 14.1. The molecule has 1 aromatic rings. The molecule has 0 bridgehead atoms. The van der Waals surface area contributed by atoms with Gasteiger partial charge in [-0.1, -0.05) is 24.3 Å². The standard InChI is InChI=1S/C13H18FN3/c1-10-8-15-6-7-16(10)13-12-5-3-2-4-11(12)9-17(13)14/h2-5,10,13,15H,6-9H2,1H3. The Morgan fingerprint density at radius 1 is 1.35 bits per heavy atom. The number of rotatable bonds is 1. The molecule has 0 amide bonds. The number of hydrogen-bond acceptors (Lipinski definition) is 3. The molecule has 17 heavy (non-hydrogen) atoms. The lowest BCUT2D eigenvalue weighted by molar-refractivity contribution is -0.103. The van der Waals surface area contributed by atoms with Crippen LogP contribution in [0.2, 0.25) is 0 Å². The second kappa shape index (κ2) is 4.37. The van der Waals surface area contributed by atoms with Gasteiger partial charge in [0.1, 0.15) is 6.17 Å². The first-order chi connectivity index (χ1) is 8.27. The summed E-state index contributed by atoms with van der Waals surface area (Å²) in [6, 6.07) is 8.43. The molecule has 2 unspecified atom stereocenters. The Bertz CT molecular complexity index is 409. The molecule has 0 aliphatic carbocycles. The number of benzene rings is 1. The summed E-state index contributed by atoms with van der Waals surface area (Å²) in [5, 5.41) is 4.31. The Balaban J connectivity index is 1.92. The normalized spacial score (nSPS) is 30.5. The van der Waals surface area contributed by atoms with E-state index in [0.29, 0.717) is 12.6 Å². The molecule has 2 heterocycles. The lowest BCUT2D eigenvalue weighted by atomic mass is 10.1. The van der Waals surface area contributed by atoms with Gasteiger partial charge in [-0.25, -0.2) is 0 Å². The fraction of sp³-hybridized carbons (Fsp3) is 0.538. The predicted octanol–water partition coefficient (Wildman–Crippen LogP) is 1.68. The number of nitrogens with zero attached hydrogens (tertiary/aromatic N) is 2. The molecule has 0 aromatic heterocycles. The Morgan fingerprint density at radius 2 is 2.18 bits per heavy atom. The van der Waals surface area contributed by atoms with Crippen molar-refractivity contribution < 1.29 is 4.48 Å². The van der Waals surface area contributed by atoms with Gasteiger partial charge in [-0.15, -0.1) is 9.60 Å². The van der Waals surface area contributed by atoms with Crippen LogP contribution in [0.4, 0.5) is 4.48 Å². The fourth-order valence-electron chi connectivity index (χ4n) is 2.89. The first-order valence-corrected chi connectivity index (χ1v) is 6.24. The molecule has 1 aromatic carbocycles. The molecule has 1 fully saturated rings. The zero-order valence-corrected chi connectivity index (χ0v) is 10.1. The van der Waals surface area contributed by atoms with Gasteiger partial charge in [-0.3, -0.25) is 4.90 Å². The summed E-state index contributed by atoms with van der Waals surface area (Å²) < 4.78 is 14.1. The summed E-state index contributed by atoms with van der Waals surface area (Å²) >= 11 is 0. The maximum atomic E-state index is 14.1. The molecule has 4 heteroatoms. The Morgan fingerprint density at radius 3 is 3.00 bits per heavy atom. The first kappa shape index (κ1) is 11.1. The summed E-state index contributed by atoms with van der Waals surface area (Å²) in [5.41, 5.74) is 2.24. The lowest BCUT2D eigenvalue weighted by Crippen LogP contribution is -2.52. The number of fused-ring (bicyclic) bond motifs is 1. The quantitative estimate of drug-likeness (QED) is 0.747. The van der Waals surface area contributed by atoms with Gasteiger partial charge in [-0.2, -0.15) is 0 Å². The summed E-state index contributed by atoms with van der Waals surface area (Å²) in [5.74, 6) is 0. The minimum Gasteiger partial charge on any atom is -0.314 e. The van der Waals surface area contributed by atoms with E-state index >= 15 is 0 Å². The van der Waals surface area contributed by atoms with Crippen molar-refractivity contribution in [2.24, 2.45) is 0 Å². The first-order valence-electron chi connectivity index (χ1n) is 6.24. The SMILES string of the molecule is CC1CNCCN1C1c2ccccc2CN1F. The second-order valence-electron chi connectivity index (χ2n) is 4.92. The molecule has 3 rings (SSSR count). The van der Waals surface area contributed by atoms with Crippen LogP contribution < -0.4 is 5.32 Å². The molecule has 1 N–H and O–H groups in total. The van der Waals surface area contributed by atoms with Gasteiger partial charge in [0.15, 0.2) is 0 Å². The number of halogens is 1. The van der Waals surface area contributed by atoms with Crippen molar-refractivity contribution in [3.8, 4) is 0 Å². The predicted molar refractivity (Wildman–Crippen MR) is 64.9 cm³/mol. The highest BCUT2D eigenvalue weighted by molar-refractivity contribution is 5.33. The van der Waals surface area contributed by atoms with Crippen molar-refractivity contribution in [3.63, 3.8) is 0 Å². The third kappa shape index (κ3) is 1.86. The van der Waals surface area contributed by atoms with Crippen LogP contribution in [0.15, 0.2) is 24.3 Å². The number of hydrogen-bond donors (Lipinski definition) is 1. The lowest BCUT2D eigenvalue weighted by Gasteiger charge is -2.39. The van der Waals surface area contributed by atoms with Crippen LogP contribution in [0, 0.1) is 0 Å². The van der Waals surface area contributed by atoms with Gasteiger partial charge in [-0.05, 0) is 18.1 Å². The molecule has 0 spiro atoms. The summed E-state index contributed by atoms with van der Waals surface area (Å²) in [6.07, 6.45) is -0.191. The van der Waals surface area contributed by atoms with Crippen LogP contribution in [-0.4, -0.2) is 35.7 Å². The summed E-state index contributed by atoms with van der Waals surface area (Å²) in [4.78, 5) is 2.25. The minimum absolute atomic E-state index is 0.191. The topological polar surface area (TPSA) is 18.5 Å². The summed E-state index contributed by atoms with van der Waals surface area (Å²) in [7, 11) is 0. The molecule has 0 saturated carbocycles. The van der Waals surface area contributed by atoms with E-state index in [2.05, 4.69) is 17.1 Å². The van der Waals surface area contributed by atoms with Crippen molar-refractivity contribution in [2.75, 3.05) is 19.6 Å². The van der Waals surface area contributed by atoms with E-state index in [9.17, 15) is 4.48 Å². The van der Waals surface area contributed by atoms with Gasteiger partial charge >= 0.3 is 0 Å². The zero-order valence-electron chi connectivity index (χ0n) is 10.1. The summed E-state index contributed by atoms with van der Waals surface area (Å²) in [6.45, 7) is 5.35. The van der Waals surface area contributed by atoms with E-state index in [4.69, 9.17) is 0 Å². The molecular weight excluding hydrogens is 217 g/mol. The van der Waals surface area contributed by atoms with E-state index < -0.39 is 0 Å². The highest BCUT2D eigenvalue weighted by Gasteiger charge is 2.37. The monoisotopic (exact) mass is 235 g/mol. The number of piperazine rings is 1. The van der Waals surface area contributed by atoms with E-state index in [1.54, 1.807) is 0 Å². The van der Waals surface area contributed by atoms with E-state index in [-0.39, 0.29) is 6.17 Å². The minimum atomic E-state index is -0.191. The van der Waals surface area contributed by atoms with Gasteiger partial charge in [0.05, 0.1) is 6.54 Å². The van der Waals surface area contributed by atoms with Gasteiger partial charge in [0, 0.05) is 25.7 Å². The largest absolute Gasteiger partial charge is 0.314 e. The van der Waals surface area contributed by atoms with Crippen molar-refractivity contribution >= 4 is 0 Å². The van der Waals surface area contributed by atoms with Crippen LogP contribution in [-0.2, 0) is 6.54 Å². The van der Waals surface area contributed by atoms with Crippen molar-refractivity contribution in [1.29, 1.82) is 0 Å². The van der Waals surface area contributed by atoms with Gasteiger partial charge in [0.25, 0.3) is 0 Å². The fourth-order valence-corrected chi connectivity index (χ4v) is 2.89. The highest BCUT2D eigenvalue weighted by Crippen LogP contribution is 2.37. The Hall–Kier alpha value is -0.970. The van der Waals surface area contributed by atoms with E-state index in [1.165, 1.54) is 0 Å². The van der Waals surface area contributed by atoms with Crippen LogP contribution >= 0.6 is 0 Å². The van der Waals surface area contributed by atoms with Crippen LogP contribution in [0.3, 0.4) is 0 Å². The third-order valence-electron chi connectivity index (χ3n) is 3.79. The molecule has 1 saturated heterocycles. The Labute approximate surface area is 101 Å². The highest BCUT2D eigenvalue weighted by atomic mass is 19.2. The van der Waals surface area contributed by atoms with Crippen molar-refractivity contribution in [1.82, 2.24) is 15.3 Å². The van der Waals surface area contributed by atoms with Crippen molar-refractivity contribution in [3.05, 3.63) is 35.4 Å². The molecule has 2 aliphatic rings.